The van der Waals surface area contributed by atoms with Gasteiger partial charge in [-0.1, -0.05) is 18.5 Å². The molecule has 0 spiro atoms. The summed E-state index contributed by atoms with van der Waals surface area (Å²) in [7, 11) is 2.18. The van der Waals surface area contributed by atoms with Gasteiger partial charge in [0.15, 0.2) is 0 Å². The largest absolute Gasteiger partial charge is 0.367 e. The molecule has 18 heavy (non-hydrogen) atoms. The Morgan fingerprint density at radius 2 is 2.28 bits per heavy atom. The normalized spacial score (nSPS) is 25.1. The fourth-order valence-corrected chi connectivity index (χ4v) is 2.53. The van der Waals surface area contributed by atoms with Crippen LogP contribution in [0.4, 0.5) is 5.82 Å². The fraction of sp³-hybridized carbons (Fsp3) is 0.692. The van der Waals surface area contributed by atoms with Crippen LogP contribution in [0.5, 0.6) is 0 Å². The van der Waals surface area contributed by atoms with Gasteiger partial charge >= 0.3 is 0 Å². The van der Waals surface area contributed by atoms with Gasteiger partial charge in [-0.2, -0.15) is 0 Å². The standard InChI is InChI=1S/C13H21ClN4/c1-4-12-16-11(14)8-13(17-12)15-10-5-6-18(3)9(2)7-10/h8-10H,4-7H2,1-3H3,(H,15,16,17). The zero-order valence-corrected chi connectivity index (χ0v) is 12.0. The number of hydrogen-bond donors (Lipinski definition) is 1. The maximum atomic E-state index is 6.00. The van der Waals surface area contributed by atoms with Crippen LogP contribution < -0.4 is 5.32 Å². The van der Waals surface area contributed by atoms with Crippen LogP contribution in [0.15, 0.2) is 6.07 Å². The molecule has 100 valence electrons. The summed E-state index contributed by atoms with van der Waals surface area (Å²) < 4.78 is 0. The second-order valence-corrected chi connectivity index (χ2v) is 5.43. The number of piperidine rings is 1. The van der Waals surface area contributed by atoms with Crippen molar-refractivity contribution in [3.8, 4) is 0 Å². The molecule has 2 unspecified atom stereocenters. The Bertz CT molecular complexity index is 410. The minimum absolute atomic E-state index is 0.479. The maximum Gasteiger partial charge on any atom is 0.134 e. The third-order valence-electron chi connectivity index (χ3n) is 3.62. The Kier molecular flexibility index (Phi) is 4.40. The first kappa shape index (κ1) is 13.6. The molecule has 4 nitrogen and oxygen atoms in total. The molecule has 0 radical (unpaired) electrons. The molecule has 1 aliphatic heterocycles. The molecule has 2 rings (SSSR count). The summed E-state index contributed by atoms with van der Waals surface area (Å²) in [4.78, 5) is 11.0. The summed E-state index contributed by atoms with van der Waals surface area (Å²) in [5.74, 6) is 1.65. The lowest BCUT2D eigenvalue weighted by Crippen LogP contribution is -2.42. The van der Waals surface area contributed by atoms with E-state index in [4.69, 9.17) is 11.6 Å². The van der Waals surface area contributed by atoms with Gasteiger partial charge < -0.3 is 10.2 Å². The van der Waals surface area contributed by atoms with Crippen molar-refractivity contribution in [2.24, 2.45) is 0 Å². The van der Waals surface area contributed by atoms with Gasteiger partial charge in [0, 0.05) is 31.1 Å². The van der Waals surface area contributed by atoms with E-state index in [0.717, 1.165) is 37.4 Å². The number of hydrogen-bond acceptors (Lipinski definition) is 4. The van der Waals surface area contributed by atoms with E-state index < -0.39 is 0 Å². The van der Waals surface area contributed by atoms with Crippen molar-refractivity contribution in [1.82, 2.24) is 14.9 Å². The molecule has 0 aromatic carbocycles. The minimum Gasteiger partial charge on any atom is -0.367 e. The van der Waals surface area contributed by atoms with Crippen molar-refractivity contribution in [1.29, 1.82) is 0 Å². The van der Waals surface area contributed by atoms with Crippen molar-refractivity contribution in [2.45, 2.75) is 45.2 Å². The maximum absolute atomic E-state index is 6.00. The van der Waals surface area contributed by atoms with Gasteiger partial charge in [-0.25, -0.2) is 9.97 Å². The molecule has 0 saturated carbocycles. The highest BCUT2D eigenvalue weighted by Gasteiger charge is 2.22. The number of halogens is 1. The number of anilines is 1. The first-order chi connectivity index (χ1) is 8.58. The van der Waals surface area contributed by atoms with Crippen molar-refractivity contribution in [3.05, 3.63) is 17.0 Å². The first-order valence-corrected chi connectivity index (χ1v) is 6.96. The van der Waals surface area contributed by atoms with Crippen molar-refractivity contribution in [2.75, 3.05) is 18.9 Å². The van der Waals surface area contributed by atoms with E-state index in [2.05, 4.69) is 34.2 Å². The molecule has 1 saturated heterocycles. The van der Waals surface area contributed by atoms with E-state index in [9.17, 15) is 0 Å². The quantitative estimate of drug-likeness (QED) is 0.856. The van der Waals surface area contributed by atoms with E-state index in [-0.39, 0.29) is 0 Å². The molecular formula is C13H21ClN4. The number of aromatic nitrogens is 2. The van der Waals surface area contributed by atoms with Crippen LogP contribution in [0.25, 0.3) is 0 Å². The van der Waals surface area contributed by atoms with E-state index in [1.807, 2.05) is 13.0 Å². The molecule has 2 heterocycles. The van der Waals surface area contributed by atoms with Crippen LogP contribution in [-0.2, 0) is 6.42 Å². The summed E-state index contributed by atoms with van der Waals surface area (Å²) in [6.07, 6.45) is 3.09. The predicted octanol–water partition coefficient (Wildman–Crippen LogP) is 2.59. The highest BCUT2D eigenvalue weighted by molar-refractivity contribution is 6.29. The van der Waals surface area contributed by atoms with Crippen LogP contribution in [-0.4, -0.2) is 40.5 Å². The zero-order valence-electron chi connectivity index (χ0n) is 11.3. The monoisotopic (exact) mass is 268 g/mol. The first-order valence-electron chi connectivity index (χ1n) is 6.58. The number of likely N-dealkylation sites (tertiary alicyclic amines) is 1. The second kappa shape index (κ2) is 5.85. The van der Waals surface area contributed by atoms with E-state index in [0.29, 0.717) is 17.2 Å². The molecule has 0 amide bonds. The van der Waals surface area contributed by atoms with Gasteiger partial charge in [0.05, 0.1) is 0 Å². The van der Waals surface area contributed by atoms with Gasteiger partial charge in [0.2, 0.25) is 0 Å². The van der Waals surface area contributed by atoms with Gasteiger partial charge in [-0.05, 0) is 26.8 Å². The van der Waals surface area contributed by atoms with Crippen LogP contribution in [0, 0.1) is 0 Å². The van der Waals surface area contributed by atoms with E-state index in [1.54, 1.807) is 0 Å². The van der Waals surface area contributed by atoms with Crippen LogP contribution in [0.2, 0.25) is 5.15 Å². The lowest BCUT2D eigenvalue weighted by molar-refractivity contribution is 0.190. The molecular weight excluding hydrogens is 248 g/mol. The summed E-state index contributed by atoms with van der Waals surface area (Å²) in [6, 6.07) is 2.90. The Balaban J connectivity index is 2.03. The number of nitrogens with zero attached hydrogens (tertiary/aromatic N) is 3. The molecule has 1 fully saturated rings. The topological polar surface area (TPSA) is 41.1 Å². The highest BCUT2D eigenvalue weighted by Crippen LogP contribution is 2.20. The Morgan fingerprint density at radius 1 is 1.50 bits per heavy atom. The molecule has 5 heteroatoms. The van der Waals surface area contributed by atoms with Crippen molar-refractivity contribution < 1.29 is 0 Å². The highest BCUT2D eigenvalue weighted by atomic mass is 35.5. The predicted molar refractivity (Wildman–Crippen MR) is 75.2 cm³/mol. The Morgan fingerprint density at radius 3 is 2.94 bits per heavy atom. The number of nitrogens with one attached hydrogen (secondary N) is 1. The second-order valence-electron chi connectivity index (χ2n) is 5.04. The molecule has 0 bridgehead atoms. The van der Waals surface area contributed by atoms with Gasteiger partial charge in [-0.3, -0.25) is 0 Å². The van der Waals surface area contributed by atoms with Crippen molar-refractivity contribution >= 4 is 17.4 Å². The Labute approximate surface area is 114 Å². The average Bonchev–Trinajstić information content (AvgIpc) is 2.33. The Hall–Kier alpha value is -0.870. The molecule has 1 N–H and O–H groups in total. The smallest absolute Gasteiger partial charge is 0.134 e. The number of rotatable bonds is 3. The van der Waals surface area contributed by atoms with Crippen LogP contribution >= 0.6 is 11.6 Å². The summed E-state index contributed by atoms with van der Waals surface area (Å²) in [5, 5.41) is 4.00. The summed E-state index contributed by atoms with van der Waals surface area (Å²) in [6.45, 7) is 5.42. The molecule has 1 aromatic rings. The van der Waals surface area contributed by atoms with Crippen LogP contribution in [0.3, 0.4) is 0 Å². The van der Waals surface area contributed by atoms with Crippen LogP contribution in [0.1, 0.15) is 32.5 Å². The average molecular weight is 269 g/mol. The van der Waals surface area contributed by atoms with Gasteiger partial charge in [0.25, 0.3) is 0 Å². The third-order valence-corrected chi connectivity index (χ3v) is 3.81. The van der Waals surface area contributed by atoms with Gasteiger partial charge in [-0.15, -0.1) is 0 Å². The van der Waals surface area contributed by atoms with Crippen molar-refractivity contribution in [3.63, 3.8) is 0 Å². The third kappa shape index (κ3) is 3.33. The minimum atomic E-state index is 0.479. The van der Waals surface area contributed by atoms with E-state index >= 15 is 0 Å². The molecule has 2 atom stereocenters. The SMILES string of the molecule is CCc1nc(Cl)cc(NC2CCN(C)C(C)C2)n1. The zero-order chi connectivity index (χ0) is 13.1. The molecule has 1 aromatic heterocycles. The van der Waals surface area contributed by atoms with E-state index in [1.165, 1.54) is 0 Å². The van der Waals surface area contributed by atoms with Gasteiger partial charge in [0.1, 0.15) is 16.8 Å². The fourth-order valence-electron chi connectivity index (χ4n) is 2.33. The lowest BCUT2D eigenvalue weighted by atomic mass is 9.99. The summed E-state index contributed by atoms with van der Waals surface area (Å²) in [5.41, 5.74) is 0. The number of aryl methyl sites for hydroxylation is 1. The molecule has 0 aliphatic carbocycles. The lowest BCUT2D eigenvalue weighted by Gasteiger charge is -2.35. The molecule has 1 aliphatic rings. The summed E-state index contributed by atoms with van der Waals surface area (Å²) >= 11 is 6.00.